The first-order valence-corrected chi connectivity index (χ1v) is 6.96. The molecule has 1 rings (SSSR count). The molecule has 2 heteroatoms. The van der Waals surface area contributed by atoms with Gasteiger partial charge in [-0.25, -0.2) is 0 Å². The summed E-state index contributed by atoms with van der Waals surface area (Å²) in [5.41, 5.74) is 1.95. The van der Waals surface area contributed by atoms with Crippen molar-refractivity contribution in [2.45, 2.75) is 72.6 Å². The van der Waals surface area contributed by atoms with E-state index in [1.54, 1.807) is 12.4 Å². The molecule has 1 aromatic rings. The summed E-state index contributed by atoms with van der Waals surface area (Å²) in [6.07, 6.45) is 13.5. The maximum atomic E-state index is 4.11. The molecule has 0 unspecified atom stereocenters. The fourth-order valence-corrected chi connectivity index (χ4v) is 1.62. The van der Waals surface area contributed by atoms with Gasteiger partial charge in [0.25, 0.3) is 0 Å². The minimum absolute atomic E-state index is 0.977. The Kier molecular flexibility index (Phi) is 10.9. The van der Waals surface area contributed by atoms with Gasteiger partial charge in [0.1, 0.15) is 0 Å². The van der Waals surface area contributed by atoms with Crippen LogP contribution in [-0.4, -0.2) is 9.97 Å². The molecule has 0 saturated carbocycles. The van der Waals surface area contributed by atoms with Crippen LogP contribution in [0.5, 0.6) is 0 Å². The molecule has 0 fully saturated rings. The van der Waals surface area contributed by atoms with Gasteiger partial charge in [-0.15, -0.1) is 0 Å². The zero-order chi connectivity index (χ0) is 12.9. The van der Waals surface area contributed by atoms with Crippen molar-refractivity contribution in [3.8, 4) is 0 Å². The van der Waals surface area contributed by atoms with Gasteiger partial charge in [-0.3, -0.25) is 9.97 Å². The van der Waals surface area contributed by atoms with Crippen molar-refractivity contribution in [3.63, 3.8) is 0 Å². The Balaban J connectivity index is 0.000000302. The van der Waals surface area contributed by atoms with Crippen molar-refractivity contribution < 1.29 is 0 Å². The molecule has 0 spiro atoms. The highest BCUT2D eigenvalue weighted by Crippen LogP contribution is 2.05. The molecular weight excluding hydrogens is 208 g/mol. The minimum Gasteiger partial charge on any atom is -0.261 e. The van der Waals surface area contributed by atoms with E-state index in [9.17, 15) is 0 Å². The zero-order valence-electron chi connectivity index (χ0n) is 12.0. The highest BCUT2D eigenvalue weighted by atomic mass is 14.8. The predicted molar refractivity (Wildman–Crippen MR) is 75.2 cm³/mol. The molecular formula is C15H28N2. The number of nitrogens with zero attached hydrogens (tertiary/aromatic N) is 2. The Labute approximate surface area is 107 Å². The van der Waals surface area contributed by atoms with E-state index in [1.807, 2.05) is 13.8 Å². The van der Waals surface area contributed by atoms with Gasteiger partial charge in [0.05, 0.1) is 11.4 Å². The lowest BCUT2D eigenvalue weighted by Gasteiger charge is -1.96. The first kappa shape index (κ1) is 16.1. The second kappa shape index (κ2) is 11.6. The van der Waals surface area contributed by atoms with E-state index in [-0.39, 0.29) is 0 Å². The van der Waals surface area contributed by atoms with E-state index in [1.165, 1.54) is 44.9 Å². The van der Waals surface area contributed by atoms with Crippen LogP contribution in [0.3, 0.4) is 0 Å². The maximum absolute atomic E-state index is 4.11. The van der Waals surface area contributed by atoms with Crippen LogP contribution >= 0.6 is 0 Å². The van der Waals surface area contributed by atoms with Crippen LogP contribution in [0.1, 0.15) is 70.2 Å². The largest absolute Gasteiger partial charge is 0.261 e. The molecule has 0 radical (unpaired) electrons. The normalized spacial score (nSPS) is 9.65. The smallest absolute Gasteiger partial charge is 0.0558 e. The number of unbranched alkanes of at least 4 members (excludes halogenated alkanes) is 6. The third kappa shape index (κ3) is 11.3. The molecule has 2 nitrogen and oxygen atoms in total. The fraction of sp³-hybridized carbons (Fsp3) is 0.733. The molecule has 1 aromatic heterocycles. The van der Waals surface area contributed by atoms with E-state index in [0.29, 0.717) is 0 Å². The van der Waals surface area contributed by atoms with Crippen LogP contribution in [0.2, 0.25) is 0 Å². The lowest BCUT2D eigenvalue weighted by Crippen LogP contribution is -1.85. The second-order valence-corrected chi connectivity index (χ2v) is 4.57. The summed E-state index contributed by atoms with van der Waals surface area (Å²) < 4.78 is 0. The molecule has 1 heterocycles. The third-order valence-electron chi connectivity index (χ3n) is 2.58. The molecule has 0 saturated heterocycles. The highest BCUT2D eigenvalue weighted by Gasteiger charge is 1.86. The van der Waals surface area contributed by atoms with Crippen LogP contribution in [0, 0.1) is 13.8 Å². The summed E-state index contributed by atoms with van der Waals surface area (Å²) in [6, 6.07) is 0. The van der Waals surface area contributed by atoms with Gasteiger partial charge in [0, 0.05) is 12.4 Å². The molecule has 0 aromatic carbocycles. The van der Waals surface area contributed by atoms with Crippen molar-refractivity contribution in [3.05, 3.63) is 23.8 Å². The number of hydrogen-bond donors (Lipinski definition) is 0. The van der Waals surface area contributed by atoms with Crippen LogP contribution in [-0.2, 0) is 0 Å². The molecule has 0 amide bonds. The predicted octanol–water partition coefficient (Wildman–Crippen LogP) is 4.85. The monoisotopic (exact) mass is 236 g/mol. The van der Waals surface area contributed by atoms with E-state index in [2.05, 4.69) is 23.8 Å². The molecule has 0 atom stereocenters. The molecule has 0 bridgehead atoms. The van der Waals surface area contributed by atoms with Crippen LogP contribution < -0.4 is 0 Å². The summed E-state index contributed by atoms with van der Waals surface area (Å²) in [5, 5.41) is 0. The Morgan fingerprint density at radius 2 is 1.18 bits per heavy atom. The zero-order valence-corrected chi connectivity index (χ0v) is 12.0. The lowest BCUT2D eigenvalue weighted by atomic mass is 10.1. The Bertz CT molecular complexity index is 248. The van der Waals surface area contributed by atoms with Gasteiger partial charge in [-0.1, -0.05) is 58.8 Å². The van der Waals surface area contributed by atoms with Crippen molar-refractivity contribution >= 4 is 0 Å². The maximum Gasteiger partial charge on any atom is 0.0558 e. The summed E-state index contributed by atoms with van der Waals surface area (Å²) in [7, 11) is 0. The number of aryl methyl sites for hydroxylation is 2. The van der Waals surface area contributed by atoms with Crippen molar-refractivity contribution in [2.24, 2.45) is 0 Å². The van der Waals surface area contributed by atoms with E-state index >= 15 is 0 Å². The molecule has 0 aliphatic rings. The van der Waals surface area contributed by atoms with Gasteiger partial charge in [0.15, 0.2) is 0 Å². The van der Waals surface area contributed by atoms with Gasteiger partial charge in [-0.05, 0) is 13.8 Å². The van der Waals surface area contributed by atoms with Gasteiger partial charge in [0.2, 0.25) is 0 Å². The quantitative estimate of drug-likeness (QED) is 0.660. The number of rotatable bonds is 6. The lowest BCUT2D eigenvalue weighted by molar-refractivity contribution is 0.602. The van der Waals surface area contributed by atoms with Gasteiger partial charge < -0.3 is 0 Å². The third-order valence-corrected chi connectivity index (χ3v) is 2.58. The molecule has 98 valence electrons. The highest BCUT2D eigenvalue weighted by molar-refractivity contribution is 4.98. The van der Waals surface area contributed by atoms with Crippen molar-refractivity contribution in [1.82, 2.24) is 9.97 Å². The standard InChI is InChI=1S/C9H20.C6H8N2/c1-3-5-7-9-8-6-4-2;1-5-3-7-4-6(2)8-5/h3-9H2,1-2H3;3-4H,1-2H3. The van der Waals surface area contributed by atoms with Crippen LogP contribution in [0.25, 0.3) is 0 Å². The number of aromatic nitrogens is 2. The summed E-state index contributed by atoms with van der Waals surface area (Å²) >= 11 is 0. The van der Waals surface area contributed by atoms with Gasteiger partial charge >= 0.3 is 0 Å². The molecule has 0 N–H and O–H groups in total. The SMILES string of the molecule is CCCCCCCCC.Cc1cncc(C)n1. The average Bonchev–Trinajstić information content (AvgIpc) is 2.29. The number of hydrogen-bond acceptors (Lipinski definition) is 2. The topological polar surface area (TPSA) is 25.8 Å². The summed E-state index contributed by atoms with van der Waals surface area (Å²) in [5.74, 6) is 0. The first-order valence-electron chi connectivity index (χ1n) is 6.96. The Morgan fingerprint density at radius 1 is 0.765 bits per heavy atom. The fourth-order valence-electron chi connectivity index (χ4n) is 1.62. The van der Waals surface area contributed by atoms with E-state index < -0.39 is 0 Å². The van der Waals surface area contributed by atoms with Crippen molar-refractivity contribution in [1.29, 1.82) is 0 Å². The van der Waals surface area contributed by atoms with Crippen molar-refractivity contribution in [2.75, 3.05) is 0 Å². The average molecular weight is 236 g/mol. The van der Waals surface area contributed by atoms with E-state index in [0.717, 1.165) is 11.4 Å². The summed E-state index contributed by atoms with van der Waals surface area (Å²) in [6.45, 7) is 8.39. The first-order chi connectivity index (χ1) is 8.20. The minimum atomic E-state index is 0.977. The molecule has 0 aliphatic carbocycles. The Morgan fingerprint density at radius 3 is 1.47 bits per heavy atom. The van der Waals surface area contributed by atoms with Crippen LogP contribution in [0.15, 0.2) is 12.4 Å². The summed E-state index contributed by atoms with van der Waals surface area (Å²) in [4.78, 5) is 8.03. The van der Waals surface area contributed by atoms with E-state index in [4.69, 9.17) is 0 Å². The van der Waals surface area contributed by atoms with Gasteiger partial charge in [-0.2, -0.15) is 0 Å². The molecule has 17 heavy (non-hydrogen) atoms. The van der Waals surface area contributed by atoms with Crippen LogP contribution in [0.4, 0.5) is 0 Å². The second-order valence-electron chi connectivity index (χ2n) is 4.57. The Hall–Kier alpha value is -0.920. The molecule has 0 aliphatic heterocycles.